The monoisotopic (exact) mass is 339 g/mol. The standard InChI is InChI=1S/C16H10ClN5O2/c17-14-4-2-1-3-13(14)15-6-5-12(24-15)7-11(8-18)16(23)21-22-9-19-20-10-22/h1-7,9-10H,(H,21,23)/b11-7-. The third kappa shape index (κ3) is 3.34. The number of amides is 1. The normalized spacial score (nSPS) is 11.1. The maximum Gasteiger partial charge on any atom is 0.280 e. The fraction of sp³-hybridized carbons (Fsp3) is 0. The highest BCUT2D eigenvalue weighted by atomic mass is 35.5. The number of nitrogens with zero attached hydrogens (tertiary/aromatic N) is 4. The van der Waals surface area contributed by atoms with E-state index in [4.69, 9.17) is 16.0 Å². The van der Waals surface area contributed by atoms with Gasteiger partial charge in [-0.25, -0.2) is 4.68 Å². The molecule has 7 nitrogen and oxygen atoms in total. The minimum atomic E-state index is -0.604. The van der Waals surface area contributed by atoms with Gasteiger partial charge in [-0.05, 0) is 24.3 Å². The maximum absolute atomic E-state index is 12.0. The Balaban J connectivity index is 1.83. The summed E-state index contributed by atoms with van der Waals surface area (Å²) < 4.78 is 6.89. The van der Waals surface area contributed by atoms with Crippen molar-refractivity contribution in [1.82, 2.24) is 14.9 Å². The van der Waals surface area contributed by atoms with Crippen LogP contribution in [0.15, 0.2) is 59.0 Å². The molecule has 0 saturated heterocycles. The number of nitrogens with one attached hydrogen (secondary N) is 1. The van der Waals surface area contributed by atoms with Crippen molar-refractivity contribution in [1.29, 1.82) is 5.26 Å². The molecule has 2 heterocycles. The second kappa shape index (κ2) is 6.81. The number of aromatic nitrogens is 3. The molecule has 0 aliphatic carbocycles. The number of carbonyl (C=O) groups is 1. The smallest absolute Gasteiger partial charge is 0.280 e. The van der Waals surface area contributed by atoms with Gasteiger partial charge in [-0.15, -0.1) is 10.2 Å². The van der Waals surface area contributed by atoms with E-state index in [0.717, 1.165) is 5.56 Å². The lowest BCUT2D eigenvalue weighted by atomic mass is 10.2. The first-order chi connectivity index (χ1) is 11.7. The molecule has 2 aromatic heterocycles. The van der Waals surface area contributed by atoms with E-state index in [9.17, 15) is 10.1 Å². The van der Waals surface area contributed by atoms with Crippen molar-refractivity contribution in [3.8, 4) is 17.4 Å². The molecule has 0 radical (unpaired) electrons. The van der Waals surface area contributed by atoms with E-state index < -0.39 is 5.91 Å². The summed E-state index contributed by atoms with van der Waals surface area (Å²) in [5.41, 5.74) is 3.05. The van der Waals surface area contributed by atoms with Gasteiger partial charge in [0.15, 0.2) is 0 Å². The topological polar surface area (TPSA) is 96.7 Å². The quantitative estimate of drug-likeness (QED) is 0.582. The number of hydrogen-bond acceptors (Lipinski definition) is 5. The minimum Gasteiger partial charge on any atom is -0.457 e. The number of furan rings is 1. The number of halogens is 1. The molecule has 8 heteroatoms. The number of nitriles is 1. The zero-order valence-corrected chi connectivity index (χ0v) is 12.9. The molecule has 1 aromatic carbocycles. The zero-order chi connectivity index (χ0) is 16.9. The summed E-state index contributed by atoms with van der Waals surface area (Å²) in [6.07, 6.45) is 3.95. The van der Waals surface area contributed by atoms with E-state index in [1.54, 1.807) is 18.2 Å². The molecule has 0 fully saturated rings. The number of rotatable bonds is 4. The van der Waals surface area contributed by atoms with Crippen LogP contribution in [0.1, 0.15) is 5.76 Å². The first-order valence-corrected chi connectivity index (χ1v) is 7.17. The van der Waals surface area contributed by atoms with Gasteiger partial charge < -0.3 is 4.42 Å². The van der Waals surface area contributed by atoms with Gasteiger partial charge in [0.05, 0.1) is 5.02 Å². The van der Waals surface area contributed by atoms with E-state index in [-0.39, 0.29) is 5.57 Å². The molecule has 3 aromatic rings. The van der Waals surface area contributed by atoms with Crippen LogP contribution in [-0.4, -0.2) is 20.8 Å². The zero-order valence-electron chi connectivity index (χ0n) is 12.2. The van der Waals surface area contributed by atoms with Crippen LogP contribution in [0.5, 0.6) is 0 Å². The van der Waals surface area contributed by atoms with Crippen LogP contribution >= 0.6 is 11.6 Å². The van der Waals surface area contributed by atoms with Gasteiger partial charge in [0.1, 0.15) is 35.8 Å². The Bertz CT molecular complexity index is 938. The van der Waals surface area contributed by atoms with Gasteiger partial charge in [-0.3, -0.25) is 10.2 Å². The van der Waals surface area contributed by atoms with Crippen molar-refractivity contribution in [2.24, 2.45) is 0 Å². The fourth-order valence-corrected chi connectivity index (χ4v) is 2.19. The van der Waals surface area contributed by atoms with Crippen LogP contribution < -0.4 is 5.43 Å². The molecule has 0 atom stereocenters. The Morgan fingerprint density at radius 1 is 1.25 bits per heavy atom. The molecule has 0 bridgehead atoms. The molecule has 1 N–H and O–H groups in total. The molecule has 24 heavy (non-hydrogen) atoms. The summed E-state index contributed by atoms with van der Waals surface area (Å²) in [4.78, 5) is 12.0. The molecule has 0 spiro atoms. The molecule has 0 unspecified atom stereocenters. The summed E-state index contributed by atoms with van der Waals surface area (Å²) in [6, 6.07) is 12.4. The fourth-order valence-electron chi connectivity index (χ4n) is 1.96. The Morgan fingerprint density at radius 2 is 2.00 bits per heavy atom. The molecule has 0 saturated carbocycles. The largest absolute Gasteiger partial charge is 0.457 e. The van der Waals surface area contributed by atoms with Crippen molar-refractivity contribution in [2.45, 2.75) is 0 Å². The highest BCUT2D eigenvalue weighted by Gasteiger charge is 2.12. The van der Waals surface area contributed by atoms with E-state index in [1.807, 2.05) is 24.3 Å². The summed E-state index contributed by atoms with van der Waals surface area (Å²) >= 11 is 6.12. The lowest BCUT2D eigenvalue weighted by molar-refractivity contribution is -0.113. The van der Waals surface area contributed by atoms with E-state index in [1.165, 1.54) is 23.4 Å². The van der Waals surface area contributed by atoms with Gasteiger partial charge >= 0.3 is 0 Å². The predicted molar refractivity (Wildman–Crippen MR) is 87.1 cm³/mol. The maximum atomic E-state index is 12.0. The Hall–Kier alpha value is -3.37. The first-order valence-electron chi connectivity index (χ1n) is 6.80. The summed E-state index contributed by atoms with van der Waals surface area (Å²) in [5, 5.41) is 16.8. The van der Waals surface area contributed by atoms with E-state index >= 15 is 0 Å². The third-order valence-corrected chi connectivity index (χ3v) is 3.40. The van der Waals surface area contributed by atoms with Gasteiger partial charge in [0, 0.05) is 11.6 Å². The molecular formula is C16H10ClN5O2. The van der Waals surface area contributed by atoms with E-state index in [0.29, 0.717) is 16.5 Å². The van der Waals surface area contributed by atoms with Crippen molar-refractivity contribution in [3.63, 3.8) is 0 Å². The van der Waals surface area contributed by atoms with Crippen molar-refractivity contribution in [3.05, 3.63) is 65.4 Å². The lowest BCUT2D eigenvalue weighted by Gasteiger charge is -2.02. The lowest BCUT2D eigenvalue weighted by Crippen LogP contribution is -2.22. The number of carbonyl (C=O) groups excluding carboxylic acids is 1. The van der Waals surface area contributed by atoms with Gasteiger partial charge in [-0.2, -0.15) is 5.26 Å². The van der Waals surface area contributed by atoms with Crippen molar-refractivity contribution >= 4 is 23.6 Å². The van der Waals surface area contributed by atoms with Gasteiger partial charge in [0.25, 0.3) is 5.91 Å². The highest BCUT2D eigenvalue weighted by Crippen LogP contribution is 2.29. The van der Waals surface area contributed by atoms with Gasteiger partial charge in [-0.1, -0.05) is 23.7 Å². The second-order valence-corrected chi connectivity index (χ2v) is 5.07. The van der Waals surface area contributed by atoms with Crippen LogP contribution in [0.3, 0.4) is 0 Å². The molecule has 0 aliphatic rings. The van der Waals surface area contributed by atoms with Crippen molar-refractivity contribution in [2.75, 3.05) is 5.43 Å². The Kier molecular flexibility index (Phi) is 4.40. The van der Waals surface area contributed by atoms with Crippen LogP contribution in [0.25, 0.3) is 17.4 Å². The average Bonchev–Trinajstić information content (AvgIpc) is 3.24. The molecule has 1 amide bonds. The Morgan fingerprint density at radius 3 is 2.71 bits per heavy atom. The second-order valence-electron chi connectivity index (χ2n) is 4.66. The van der Waals surface area contributed by atoms with Gasteiger partial charge in [0.2, 0.25) is 0 Å². The highest BCUT2D eigenvalue weighted by molar-refractivity contribution is 6.33. The predicted octanol–water partition coefficient (Wildman–Crippen LogP) is 2.87. The summed E-state index contributed by atoms with van der Waals surface area (Å²) in [7, 11) is 0. The SMILES string of the molecule is N#C/C(=C/c1ccc(-c2ccccc2Cl)o1)C(=O)Nn1cnnc1. The first kappa shape index (κ1) is 15.5. The molecule has 0 aliphatic heterocycles. The minimum absolute atomic E-state index is 0.122. The molecule has 118 valence electrons. The van der Waals surface area contributed by atoms with Crippen LogP contribution in [0.4, 0.5) is 0 Å². The van der Waals surface area contributed by atoms with Crippen LogP contribution in [-0.2, 0) is 4.79 Å². The van der Waals surface area contributed by atoms with Crippen LogP contribution in [0.2, 0.25) is 5.02 Å². The molecule has 3 rings (SSSR count). The van der Waals surface area contributed by atoms with Crippen molar-refractivity contribution < 1.29 is 9.21 Å². The Labute approximate surface area is 141 Å². The summed E-state index contributed by atoms with van der Waals surface area (Å²) in [6.45, 7) is 0. The third-order valence-electron chi connectivity index (χ3n) is 3.07. The molecular weight excluding hydrogens is 330 g/mol. The van der Waals surface area contributed by atoms with E-state index in [2.05, 4.69) is 15.6 Å². The van der Waals surface area contributed by atoms with Crippen LogP contribution in [0, 0.1) is 11.3 Å². The number of hydrogen-bond donors (Lipinski definition) is 1. The number of benzene rings is 1. The average molecular weight is 340 g/mol. The summed E-state index contributed by atoms with van der Waals surface area (Å²) in [5.74, 6) is 0.303.